The topological polar surface area (TPSA) is 37.3 Å². The molecule has 1 aliphatic carbocycles. The fourth-order valence-electron chi connectivity index (χ4n) is 1.47. The van der Waals surface area contributed by atoms with E-state index in [1.165, 1.54) is 0 Å². The molecule has 0 aromatic heterocycles. The summed E-state index contributed by atoms with van der Waals surface area (Å²) in [7, 11) is 0. The number of hydrogen-bond donors (Lipinski definition) is 1. The Morgan fingerprint density at radius 2 is 2.18 bits per heavy atom. The van der Waals surface area contributed by atoms with Crippen molar-refractivity contribution >= 4 is 5.78 Å². The summed E-state index contributed by atoms with van der Waals surface area (Å²) in [5.74, 6) is -0.307. The van der Waals surface area contributed by atoms with E-state index in [2.05, 4.69) is 6.58 Å². The second-order valence-electron chi connectivity index (χ2n) is 2.85. The predicted octanol–water partition coefficient (Wildman–Crippen LogP) is 1.98. The number of carbonyl (C=O) groups is 1. The van der Waals surface area contributed by atoms with E-state index in [0.717, 1.165) is 12.0 Å². The first-order valence-corrected chi connectivity index (χ1v) is 3.72. The predicted molar refractivity (Wildman–Crippen MR) is 43.3 cm³/mol. The maximum atomic E-state index is 11.1. The monoisotopic (exact) mass is 152 g/mol. The quantitative estimate of drug-likeness (QED) is 0.583. The number of Topliss-reactive ketones (excluding diaryl/α,β-unsaturated/α-hetero) is 1. The highest BCUT2D eigenvalue weighted by Crippen LogP contribution is 2.33. The third kappa shape index (κ3) is 0.985. The highest BCUT2D eigenvalue weighted by atomic mass is 16.3. The maximum Gasteiger partial charge on any atom is 0.223 e. The van der Waals surface area contributed by atoms with Crippen LogP contribution in [0.1, 0.15) is 20.3 Å². The third-order valence-corrected chi connectivity index (χ3v) is 2.23. The summed E-state index contributed by atoms with van der Waals surface area (Å²) in [6.07, 6.45) is 0.834. The van der Waals surface area contributed by atoms with Crippen molar-refractivity contribution in [3.05, 3.63) is 23.5 Å². The van der Waals surface area contributed by atoms with E-state index in [1.54, 1.807) is 6.92 Å². The largest absolute Gasteiger partial charge is 0.504 e. The minimum absolute atomic E-state index is 0.0718. The molecular formula is C9H12O2. The molecule has 0 aromatic carbocycles. The van der Waals surface area contributed by atoms with Gasteiger partial charge in [-0.25, -0.2) is 0 Å². The summed E-state index contributed by atoms with van der Waals surface area (Å²) in [6.45, 7) is 7.39. The Hall–Kier alpha value is -1.05. The number of carbonyl (C=O) groups excluding carboxylic acids is 1. The molecule has 0 fully saturated rings. The number of rotatable bonds is 1. The lowest BCUT2D eigenvalue weighted by atomic mass is 9.96. The van der Waals surface area contributed by atoms with Crippen LogP contribution in [0.5, 0.6) is 0 Å². The van der Waals surface area contributed by atoms with Crippen molar-refractivity contribution in [3.63, 3.8) is 0 Å². The first-order chi connectivity index (χ1) is 5.09. The van der Waals surface area contributed by atoms with Crippen molar-refractivity contribution in [2.75, 3.05) is 0 Å². The van der Waals surface area contributed by atoms with Gasteiger partial charge in [0.05, 0.1) is 0 Å². The minimum Gasteiger partial charge on any atom is -0.504 e. The SMILES string of the molecule is C=C1C(=O)C(O)=C(C)C1CC. The molecule has 1 atom stereocenters. The van der Waals surface area contributed by atoms with Crippen molar-refractivity contribution in [3.8, 4) is 0 Å². The van der Waals surface area contributed by atoms with Crippen LogP contribution in [0.15, 0.2) is 23.5 Å². The first kappa shape index (κ1) is 8.05. The average Bonchev–Trinajstić information content (AvgIpc) is 2.17. The van der Waals surface area contributed by atoms with Crippen molar-refractivity contribution in [2.45, 2.75) is 20.3 Å². The number of hydrogen-bond acceptors (Lipinski definition) is 2. The fourth-order valence-corrected chi connectivity index (χ4v) is 1.47. The van der Waals surface area contributed by atoms with E-state index < -0.39 is 0 Å². The molecule has 1 unspecified atom stereocenters. The van der Waals surface area contributed by atoms with Crippen molar-refractivity contribution in [1.82, 2.24) is 0 Å². The average molecular weight is 152 g/mol. The number of aliphatic hydroxyl groups excluding tert-OH is 1. The van der Waals surface area contributed by atoms with E-state index in [9.17, 15) is 9.90 Å². The maximum absolute atomic E-state index is 11.1. The minimum atomic E-state index is -0.283. The standard InChI is InChI=1S/C9H12O2/c1-4-7-5(2)8(10)9(11)6(7)3/h7,11H,2,4H2,1,3H3. The van der Waals surface area contributed by atoms with Crippen molar-refractivity contribution in [2.24, 2.45) is 5.92 Å². The molecular weight excluding hydrogens is 140 g/mol. The van der Waals surface area contributed by atoms with Gasteiger partial charge in [0.2, 0.25) is 5.78 Å². The highest BCUT2D eigenvalue weighted by Gasteiger charge is 2.31. The van der Waals surface area contributed by atoms with Crippen LogP contribution >= 0.6 is 0 Å². The van der Waals surface area contributed by atoms with E-state index in [1.807, 2.05) is 6.92 Å². The van der Waals surface area contributed by atoms with Crippen LogP contribution in [0.2, 0.25) is 0 Å². The molecule has 0 amide bonds. The van der Waals surface area contributed by atoms with Crippen LogP contribution in [0, 0.1) is 5.92 Å². The molecule has 1 N–H and O–H groups in total. The lowest BCUT2D eigenvalue weighted by molar-refractivity contribution is -0.114. The van der Waals surface area contributed by atoms with Gasteiger partial charge < -0.3 is 5.11 Å². The van der Waals surface area contributed by atoms with Crippen LogP contribution in [-0.4, -0.2) is 10.9 Å². The van der Waals surface area contributed by atoms with Gasteiger partial charge in [-0.2, -0.15) is 0 Å². The van der Waals surface area contributed by atoms with Gasteiger partial charge in [0.25, 0.3) is 0 Å². The number of allylic oxidation sites excluding steroid dienone is 2. The van der Waals surface area contributed by atoms with Gasteiger partial charge in [0, 0.05) is 11.5 Å². The molecule has 60 valence electrons. The molecule has 0 saturated carbocycles. The molecule has 1 aliphatic rings. The molecule has 11 heavy (non-hydrogen) atoms. The lowest BCUT2D eigenvalue weighted by Crippen LogP contribution is -2.02. The smallest absolute Gasteiger partial charge is 0.223 e. The molecule has 0 radical (unpaired) electrons. The molecule has 2 nitrogen and oxygen atoms in total. The van der Waals surface area contributed by atoms with Gasteiger partial charge in [0.15, 0.2) is 5.76 Å². The van der Waals surface area contributed by atoms with Gasteiger partial charge >= 0.3 is 0 Å². The Labute approximate surface area is 66.2 Å². The van der Waals surface area contributed by atoms with Gasteiger partial charge in [-0.3, -0.25) is 4.79 Å². The van der Waals surface area contributed by atoms with Crippen molar-refractivity contribution < 1.29 is 9.90 Å². The van der Waals surface area contributed by atoms with Crippen molar-refractivity contribution in [1.29, 1.82) is 0 Å². The van der Waals surface area contributed by atoms with Crippen LogP contribution in [0.25, 0.3) is 0 Å². The molecule has 0 bridgehead atoms. The zero-order chi connectivity index (χ0) is 8.59. The van der Waals surface area contributed by atoms with Gasteiger partial charge in [-0.15, -0.1) is 0 Å². The summed E-state index contributed by atoms with van der Waals surface area (Å²) >= 11 is 0. The Morgan fingerprint density at radius 1 is 1.64 bits per heavy atom. The third-order valence-electron chi connectivity index (χ3n) is 2.23. The van der Waals surface area contributed by atoms with Crippen LogP contribution in [-0.2, 0) is 4.79 Å². The number of aliphatic hydroxyl groups is 1. The van der Waals surface area contributed by atoms with Gasteiger partial charge in [0.1, 0.15) is 0 Å². The van der Waals surface area contributed by atoms with E-state index in [4.69, 9.17) is 0 Å². The zero-order valence-electron chi connectivity index (χ0n) is 6.85. The summed E-state index contributed by atoms with van der Waals surface area (Å²) in [6, 6.07) is 0. The van der Waals surface area contributed by atoms with Crippen LogP contribution < -0.4 is 0 Å². The molecule has 2 heteroatoms. The summed E-state index contributed by atoms with van der Waals surface area (Å²) in [4.78, 5) is 11.1. The van der Waals surface area contributed by atoms with Crippen LogP contribution in [0.4, 0.5) is 0 Å². The summed E-state index contributed by atoms with van der Waals surface area (Å²) in [5.41, 5.74) is 1.30. The second kappa shape index (κ2) is 2.53. The van der Waals surface area contributed by atoms with Crippen LogP contribution in [0.3, 0.4) is 0 Å². The normalized spacial score (nSPS) is 25.1. The molecule has 1 rings (SSSR count). The molecule has 0 aliphatic heterocycles. The van der Waals surface area contributed by atoms with E-state index in [0.29, 0.717) is 5.57 Å². The molecule has 0 heterocycles. The Morgan fingerprint density at radius 3 is 2.36 bits per heavy atom. The Kier molecular flexibility index (Phi) is 1.85. The van der Waals surface area contributed by atoms with E-state index in [-0.39, 0.29) is 17.5 Å². The second-order valence-corrected chi connectivity index (χ2v) is 2.85. The summed E-state index contributed by atoms with van der Waals surface area (Å²) < 4.78 is 0. The first-order valence-electron chi connectivity index (χ1n) is 3.72. The fraction of sp³-hybridized carbons (Fsp3) is 0.444. The number of ketones is 1. The lowest BCUT2D eigenvalue weighted by Gasteiger charge is -2.06. The van der Waals surface area contributed by atoms with Gasteiger partial charge in [-0.05, 0) is 18.9 Å². The molecule has 0 spiro atoms. The van der Waals surface area contributed by atoms with E-state index >= 15 is 0 Å². The Balaban J connectivity index is 3.04. The van der Waals surface area contributed by atoms with Gasteiger partial charge in [-0.1, -0.05) is 13.5 Å². The summed E-state index contributed by atoms with van der Waals surface area (Å²) in [5, 5.41) is 9.21. The molecule has 0 aromatic rings. The Bertz CT molecular complexity index is 248. The molecule has 0 saturated heterocycles. The zero-order valence-corrected chi connectivity index (χ0v) is 6.85. The highest BCUT2D eigenvalue weighted by molar-refractivity contribution is 6.10.